The Morgan fingerprint density at radius 3 is 2.48 bits per heavy atom. The van der Waals surface area contributed by atoms with Crippen LogP contribution in [0.1, 0.15) is 72.1 Å². The summed E-state index contributed by atoms with van der Waals surface area (Å²) in [6.45, 7) is 12.0. The molecule has 0 aromatic heterocycles. The van der Waals surface area contributed by atoms with Gasteiger partial charge in [0.25, 0.3) is 0 Å². The van der Waals surface area contributed by atoms with E-state index in [1.165, 1.54) is 0 Å². The molecule has 0 bridgehead atoms. The Bertz CT molecular complexity index is 490. The maximum absolute atomic E-state index is 11.2. The molecule has 1 heterocycles. The summed E-state index contributed by atoms with van der Waals surface area (Å²) in [6.07, 6.45) is 6.10. The van der Waals surface area contributed by atoms with Crippen molar-refractivity contribution in [3.8, 4) is 0 Å². The Balaban J connectivity index is 1.96. The second kappa shape index (κ2) is 7.29. The molecular formula is C19H37NO4Si. The minimum absolute atomic E-state index is 0.160. The van der Waals surface area contributed by atoms with Crippen molar-refractivity contribution in [2.24, 2.45) is 0 Å². The topological polar surface area (TPSA) is 78.8 Å². The van der Waals surface area contributed by atoms with Crippen LogP contribution in [0.4, 0.5) is 0 Å². The van der Waals surface area contributed by atoms with Gasteiger partial charge in [0, 0.05) is 18.2 Å². The Morgan fingerprint density at radius 2 is 1.88 bits per heavy atom. The van der Waals surface area contributed by atoms with Crippen LogP contribution in [0.5, 0.6) is 0 Å². The van der Waals surface area contributed by atoms with Crippen LogP contribution in [0, 0.1) is 0 Å². The van der Waals surface area contributed by atoms with Crippen molar-refractivity contribution in [2.75, 3.05) is 6.61 Å². The van der Waals surface area contributed by atoms with Crippen LogP contribution >= 0.6 is 0 Å². The zero-order valence-electron chi connectivity index (χ0n) is 16.7. The normalized spacial score (nSPS) is 33.8. The predicted molar refractivity (Wildman–Crippen MR) is 102 cm³/mol. The molecule has 6 heteroatoms. The molecule has 1 aliphatic heterocycles. The summed E-state index contributed by atoms with van der Waals surface area (Å²) < 4.78 is 6.31. The SMILES string of the molecule is CC(C)(C)[Si](C)(C)OCC[C@H]1CCC[C@]2(CCC[C@@]2(O)CC(=O)O)N1. The van der Waals surface area contributed by atoms with Crippen molar-refractivity contribution < 1.29 is 19.4 Å². The standard InChI is InChI=1S/C19H37NO4Si/c1-17(2,3)25(4,5)24-13-9-15-8-6-10-18(20-15)11-7-12-19(18,23)14-16(21)22/h15,20,23H,6-14H2,1-5H3,(H,21,22)/t15-,18-,19-/m1/s1. The van der Waals surface area contributed by atoms with E-state index in [4.69, 9.17) is 4.43 Å². The van der Waals surface area contributed by atoms with Crippen molar-refractivity contribution in [1.29, 1.82) is 0 Å². The first-order valence-electron chi connectivity index (χ1n) is 9.77. The molecule has 3 atom stereocenters. The van der Waals surface area contributed by atoms with Gasteiger partial charge in [-0.1, -0.05) is 20.8 Å². The summed E-state index contributed by atoms with van der Waals surface area (Å²) in [5.74, 6) is -0.908. The molecule has 0 aromatic carbocycles. The van der Waals surface area contributed by atoms with Gasteiger partial charge in [-0.3, -0.25) is 4.79 Å². The second-order valence-electron chi connectivity index (χ2n) is 9.67. The number of aliphatic carboxylic acids is 1. The largest absolute Gasteiger partial charge is 0.481 e. The van der Waals surface area contributed by atoms with Crippen molar-refractivity contribution in [2.45, 2.75) is 107 Å². The van der Waals surface area contributed by atoms with E-state index in [9.17, 15) is 15.0 Å². The molecule has 1 saturated carbocycles. The number of nitrogens with one attached hydrogen (secondary N) is 1. The zero-order chi connectivity index (χ0) is 18.9. The van der Waals surface area contributed by atoms with E-state index in [2.05, 4.69) is 39.2 Å². The third kappa shape index (κ3) is 4.46. The van der Waals surface area contributed by atoms with Gasteiger partial charge in [0.1, 0.15) is 0 Å². The van der Waals surface area contributed by atoms with Gasteiger partial charge in [0.15, 0.2) is 8.32 Å². The fourth-order valence-corrected chi connectivity index (χ4v) is 5.36. The average molecular weight is 372 g/mol. The third-order valence-electron chi connectivity index (χ3n) is 6.90. The first kappa shape index (κ1) is 20.9. The molecule has 3 N–H and O–H groups in total. The van der Waals surface area contributed by atoms with Crippen LogP contribution in [0.2, 0.25) is 18.1 Å². The van der Waals surface area contributed by atoms with Crippen LogP contribution in [-0.2, 0) is 9.22 Å². The summed E-state index contributed by atoms with van der Waals surface area (Å²) in [5.41, 5.74) is -1.54. The second-order valence-corrected chi connectivity index (χ2v) is 14.5. The lowest BCUT2D eigenvalue weighted by atomic mass is 9.73. The molecule has 5 nitrogen and oxygen atoms in total. The number of carbonyl (C=O) groups is 1. The lowest BCUT2D eigenvalue weighted by Crippen LogP contribution is -2.64. The molecule has 2 fully saturated rings. The Kier molecular flexibility index (Phi) is 6.09. The number of hydrogen-bond donors (Lipinski definition) is 3. The van der Waals surface area contributed by atoms with E-state index < -0.39 is 25.4 Å². The molecule has 1 aliphatic carbocycles. The molecular weight excluding hydrogens is 334 g/mol. The minimum atomic E-state index is -1.73. The Morgan fingerprint density at radius 1 is 1.24 bits per heavy atom. The van der Waals surface area contributed by atoms with Gasteiger partial charge in [-0.05, 0) is 63.1 Å². The number of hydrogen-bond acceptors (Lipinski definition) is 4. The van der Waals surface area contributed by atoms with Crippen LogP contribution < -0.4 is 5.32 Å². The maximum atomic E-state index is 11.2. The number of rotatable bonds is 6. The van der Waals surface area contributed by atoms with Gasteiger partial charge in [-0.25, -0.2) is 0 Å². The molecule has 25 heavy (non-hydrogen) atoms. The lowest BCUT2D eigenvalue weighted by molar-refractivity contribution is -0.147. The highest BCUT2D eigenvalue weighted by Crippen LogP contribution is 2.47. The lowest BCUT2D eigenvalue weighted by Gasteiger charge is -2.48. The van der Waals surface area contributed by atoms with Crippen molar-refractivity contribution in [3.63, 3.8) is 0 Å². The van der Waals surface area contributed by atoms with Crippen LogP contribution in [0.25, 0.3) is 0 Å². The maximum Gasteiger partial charge on any atom is 0.306 e. The number of carboxylic acid groups (broad SMARTS) is 1. The molecule has 1 spiro atoms. The highest BCUT2D eigenvalue weighted by atomic mass is 28.4. The first-order valence-corrected chi connectivity index (χ1v) is 12.7. The molecule has 0 amide bonds. The number of piperidine rings is 1. The molecule has 2 aliphatic rings. The monoisotopic (exact) mass is 371 g/mol. The first-order chi connectivity index (χ1) is 11.4. The fourth-order valence-electron chi connectivity index (χ4n) is 4.30. The van der Waals surface area contributed by atoms with Crippen LogP contribution in [0.15, 0.2) is 0 Å². The van der Waals surface area contributed by atoms with Gasteiger partial charge in [-0.2, -0.15) is 0 Å². The van der Waals surface area contributed by atoms with E-state index in [-0.39, 0.29) is 11.5 Å². The van der Waals surface area contributed by atoms with E-state index in [0.717, 1.165) is 45.1 Å². The van der Waals surface area contributed by atoms with Crippen LogP contribution in [-0.4, -0.2) is 48.3 Å². The van der Waals surface area contributed by atoms with Crippen molar-refractivity contribution in [1.82, 2.24) is 5.32 Å². The molecule has 2 rings (SSSR count). The highest BCUT2D eigenvalue weighted by Gasteiger charge is 2.56. The van der Waals surface area contributed by atoms with Gasteiger partial charge in [0.2, 0.25) is 0 Å². The van der Waals surface area contributed by atoms with Gasteiger partial charge >= 0.3 is 5.97 Å². The summed E-state index contributed by atoms with van der Waals surface area (Å²) in [7, 11) is -1.73. The summed E-state index contributed by atoms with van der Waals surface area (Å²) in [5, 5.41) is 24.2. The Labute approximate surface area is 153 Å². The van der Waals surface area contributed by atoms with E-state index >= 15 is 0 Å². The molecule has 1 saturated heterocycles. The van der Waals surface area contributed by atoms with Gasteiger partial charge < -0.3 is 20.0 Å². The summed E-state index contributed by atoms with van der Waals surface area (Å²) in [6, 6.07) is 0.303. The van der Waals surface area contributed by atoms with E-state index in [1.54, 1.807) is 0 Å². The smallest absolute Gasteiger partial charge is 0.306 e. The van der Waals surface area contributed by atoms with Crippen molar-refractivity contribution in [3.05, 3.63) is 0 Å². The number of carboxylic acids is 1. The average Bonchev–Trinajstić information content (AvgIpc) is 2.73. The highest BCUT2D eigenvalue weighted by molar-refractivity contribution is 6.74. The fraction of sp³-hybridized carbons (Fsp3) is 0.947. The quantitative estimate of drug-likeness (QED) is 0.621. The third-order valence-corrected chi connectivity index (χ3v) is 11.4. The Hall–Kier alpha value is -0.433. The minimum Gasteiger partial charge on any atom is -0.481 e. The van der Waals surface area contributed by atoms with E-state index in [0.29, 0.717) is 12.5 Å². The van der Waals surface area contributed by atoms with Crippen molar-refractivity contribution >= 4 is 14.3 Å². The molecule has 0 aromatic rings. The van der Waals surface area contributed by atoms with Crippen LogP contribution in [0.3, 0.4) is 0 Å². The van der Waals surface area contributed by atoms with E-state index in [1.807, 2.05) is 0 Å². The molecule has 146 valence electrons. The summed E-state index contributed by atoms with van der Waals surface area (Å²) in [4.78, 5) is 11.2. The number of aliphatic hydroxyl groups is 1. The summed E-state index contributed by atoms with van der Waals surface area (Å²) >= 11 is 0. The van der Waals surface area contributed by atoms with Gasteiger partial charge in [-0.15, -0.1) is 0 Å². The zero-order valence-corrected chi connectivity index (χ0v) is 17.7. The molecule has 0 unspecified atom stereocenters. The predicted octanol–water partition coefficient (Wildman–Crippen LogP) is 3.67. The molecule has 0 radical (unpaired) electrons. The van der Waals surface area contributed by atoms with Gasteiger partial charge in [0.05, 0.1) is 12.0 Å².